The van der Waals surface area contributed by atoms with Gasteiger partial charge < -0.3 is 4.57 Å². The molecule has 96 valence electrons. The molecule has 3 unspecified atom stereocenters. The first-order valence-corrected chi connectivity index (χ1v) is 6.63. The van der Waals surface area contributed by atoms with Crippen molar-refractivity contribution < 1.29 is 0 Å². The minimum atomic E-state index is 0.441. The van der Waals surface area contributed by atoms with Gasteiger partial charge in [-0.15, -0.1) is 0 Å². The van der Waals surface area contributed by atoms with Gasteiger partial charge in [0.15, 0.2) is 0 Å². The van der Waals surface area contributed by atoms with Crippen LogP contribution in [0.4, 0.5) is 0 Å². The third-order valence-electron chi connectivity index (χ3n) is 4.12. The Kier molecular flexibility index (Phi) is 4.18. The summed E-state index contributed by atoms with van der Waals surface area (Å²) in [4.78, 5) is 4.36. The highest BCUT2D eigenvalue weighted by molar-refractivity contribution is 4.93. The molecule has 0 bridgehead atoms. The summed E-state index contributed by atoms with van der Waals surface area (Å²) in [6.45, 7) is 2.34. The standard InChI is InChI=1S/C13H24N4/c1-10-3-4-11(9-10)12(16-14)5-6-13-15-7-8-17(13)2/h7-8,10-12,16H,3-6,9,14H2,1-2H3. The van der Waals surface area contributed by atoms with Gasteiger partial charge in [-0.1, -0.05) is 13.3 Å². The highest BCUT2D eigenvalue weighted by Gasteiger charge is 2.28. The Labute approximate surface area is 104 Å². The van der Waals surface area contributed by atoms with E-state index in [1.54, 1.807) is 0 Å². The fraction of sp³-hybridized carbons (Fsp3) is 0.769. The maximum atomic E-state index is 5.70. The first-order chi connectivity index (χ1) is 8.20. The molecule has 1 heterocycles. The molecule has 0 saturated heterocycles. The van der Waals surface area contributed by atoms with Crippen LogP contribution in [0.2, 0.25) is 0 Å². The van der Waals surface area contributed by atoms with Gasteiger partial charge in [-0.05, 0) is 31.1 Å². The van der Waals surface area contributed by atoms with Crippen LogP contribution < -0.4 is 11.3 Å². The second kappa shape index (κ2) is 5.65. The zero-order valence-corrected chi connectivity index (χ0v) is 10.9. The number of hydrogen-bond donors (Lipinski definition) is 2. The van der Waals surface area contributed by atoms with Crippen molar-refractivity contribution in [2.75, 3.05) is 0 Å². The molecule has 3 N–H and O–H groups in total. The number of aromatic nitrogens is 2. The lowest BCUT2D eigenvalue weighted by atomic mass is 9.93. The fourth-order valence-corrected chi connectivity index (χ4v) is 2.99. The van der Waals surface area contributed by atoms with Crippen LogP contribution in [0.3, 0.4) is 0 Å². The van der Waals surface area contributed by atoms with Crippen LogP contribution in [0.5, 0.6) is 0 Å². The average molecular weight is 236 g/mol. The first kappa shape index (κ1) is 12.6. The number of nitrogens with one attached hydrogen (secondary N) is 1. The van der Waals surface area contributed by atoms with Gasteiger partial charge in [-0.2, -0.15) is 0 Å². The Balaban J connectivity index is 1.86. The normalized spacial score (nSPS) is 26.3. The van der Waals surface area contributed by atoms with E-state index >= 15 is 0 Å². The number of rotatable bonds is 5. The lowest BCUT2D eigenvalue weighted by Crippen LogP contribution is -2.40. The van der Waals surface area contributed by atoms with E-state index in [1.807, 2.05) is 19.4 Å². The predicted molar refractivity (Wildman–Crippen MR) is 69.1 cm³/mol. The van der Waals surface area contributed by atoms with Crippen LogP contribution in [0.25, 0.3) is 0 Å². The third kappa shape index (κ3) is 3.07. The van der Waals surface area contributed by atoms with E-state index in [0.717, 1.165) is 30.5 Å². The molecule has 2 rings (SSSR count). The smallest absolute Gasteiger partial charge is 0.108 e. The quantitative estimate of drug-likeness (QED) is 0.603. The molecule has 0 amide bonds. The molecule has 4 heteroatoms. The van der Waals surface area contributed by atoms with E-state index in [4.69, 9.17) is 5.84 Å². The number of aryl methyl sites for hydroxylation is 2. The fourth-order valence-electron chi connectivity index (χ4n) is 2.99. The van der Waals surface area contributed by atoms with E-state index in [9.17, 15) is 0 Å². The van der Waals surface area contributed by atoms with Gasteiger partial charge >= 0.3 is 0 Å². The molecule has 0 aromatic carbocycles. The van der Waals surface area contributed by atoms with Crippen LogP contribution in [-0.4, -0.2) is 15.6 Å². The Morgan fingerprint density at radius 1 is 1.59 bits per heavy atom. The maximum absolute atomic E-state index is 5.70. The maximum Gasteiger partial charge on any atom is 0.108 e. The van der Waals surface area contributed by atoms with E-state index in [0.29, 0.717) is 6.04 Å². The number of nitrogens with two attached hydrogens (primary N) is 1. The van der Waals surface area contributed by atoms with Crippen molar-refractivity contribution >= 4 is 0 Å². The monoisotopic (exact) mass is 236 g/mol. The van der Waals surface area contributed by atoms with E-state index in [-0.39, 0.29) is 0 Å². The lowest BCUT2D eigenvalue weighted by molar-refractivity contribution is 0.335. The highest BCUT2D eigenvalue weighted by Crippen LogP contribution is 2.33. The summed E-state index contributed by atoms with van der Waals surface area (Å²) < 4.78 is 2.09. The zero-order chi connectivity index (χ0) is 12.3. The number of imidazole rings is 1. The summed E-state index contributed by atoms with van der Waals surface area (Å²) in [7, 11) is 2.05. The highest BCUT2D eigenvalue weighted by atomic mass is 15.2. The van der Waals surface area contributed by atoms with Crippen molar-refractivity contribution in [2.45, 2.75) is 45.1 Å². The third-order valence-corrected chi connectivity index (χ3v) is 4.12. The van der Waals surface area contributed by atoms with Crippen molar-refractivity contribution in [3.05, 3.63) is 18.2 Å². The van der Waals surface area contributed by atoms with Crippen LogP contribution in [0.1, 0.15) is 38.4 Å². The molecule has 3 atom stereocenters. The second-order valence-corrected chi connectivity index (χ2v) is 5.44. The molecule has 17 heavy (non-hydrogen) atoms. The zero-order valence-electron chi connectivity index (χ0n) is 10.9. The molecule has 4 nitrogen and oxygen atoms in total. The molecule has 1 fully saturated rings. The van der Waals surface area contributed by atoms with E-state index < -0.39 is 0 Å². The van der Waals surface area contributed by atoms with Gasteiger partial charge in [0.25, 0.3) is 0 Å². The SMILES string of the molecule is CC1CCC(C(CCc2nccn2C)NN)C1. The summed E-state index contributed by atoms with van der Waals surface area (Å²) >= 11 is 0. The number of nitrogens with zero attached hydrogens (tertiary/aromatic N) is 2. The summed E-state index contributed by atoms with van der Waals surface area (Å²) in [5.41, 5.74) is 3.01. The molecule has 0 spiro atoms. The van der Waals surface area contributed by atoms with Crippen LogP contribution >= 0.6 is 0 Å². The topological polar surface area (TPSA) is 55.9 Å². The van der Waals surface area contributed by atoms with Gasteiger partial charge in [0, 0.05) is 31.9 Å². The Bertz CT molecular complexity index is 347. The van der Waals surface area contributed by atoms with Crippen LogP contribution in [0.15, 0.2) is 12.4 Å². The van der Waals surface area contributed by atoms with Gasteiger partial charge in [0.05, 0.1) is 0 Å². The van der Waals surface area contributed by atoms with Crippen LogP contribution in [0, 0.1) is 11.8 Å². The summed E-state index contributed by atoms with van der Waals surface area (Å²) in [5.74, 6) is 8.46. The predicted octanol–water partition coefficient (Wildman–Crippen LogP) is 1.62. The van der Waals surface area contributed by atoms with Gasteiger partial charge in [-0.3, -0.25) is 11.3 Å². The van der Waals surface area contributed by atoms with Crippen LogP contribution in [-0.2, 0) is 13.5 Å². The van der Waals surface area contributed by atoms with Crippen molar-refractivity contribution in [3.8, 4) is 0 Å². The van der Waals surface area contributed by atoms with E-state index in [2.05, 4.69) is 21.9 Å². The molecule has 0 radical (unpaired) electrons. The minimum absolute atomic E-state index is 0.441. The summed E-state index contributed by atoms with van der Waals surface area (Å²) in [5, 5.41) is 0. The summed E-state index contributed by atoms with van der Waals surface area (Å²) in [6, 6.07) is 0.441. The number of hydrogen-bond acceptors (Lipinski definition) is 3. The van der Waals surface area contributed by atoms with Gasteiger partial charge in [0.1, 0.15) is 5.82 Å². The molecular formula is C13H24N4. The molecule has 1 aliphatic rings. The Hall–Kier alpha value is -0.870. The van der Waals surface area contributed by atoms with Gasteiger partial charge in [0.2, 0.25) is 0 Å². The van der Waals surface area contributed by atoms with E-state index in [1.165, 1.54) is 19.3 Å². The van der Waals surface area contributed by atoms with Gasteiger partial charge in [-0.25, -0.2) is 4.98 Å². The Morgan fingerprint density at radius 3 is 2.94 bits per heavy atom. The largest absolute Gasteiger partial charge is 0.338 e. The molecule has 0 aliphatic heterocycles. The summed E-state index contributed by atoms with van der Waals surface area (Å²) in [6.07, 6.45) is 9.93. The molecule has 1 aromatic heterocycles. The average Bonchev–Trinajstić information content (AvgIpc) is 2.90. The molecule has 1 saturated carbocycles. The van der Waals surface area contributed by atoms with Crippen molar-refractivity contribution in [1.29, 1.82) is 0 Å². The lowest BCUT2D eigenvalue weighted by Gasteiger charge is -2.22. The number of hydrazine groups is 1. The van der Waals surface area contributed by atoms with Crippen molar-refractivity contribution in [2.24, 2.45) is 24.7 Å². The Morgan fingerprint density at radius 2 is 2.41 bits per heavy atom. The second-order valence-electron chi connectivity index (χ2n) is 5.44. The molecular weight excluding hydrogens is 212 g/mol. The minimum Gasteiger partial charge on any atom is -0.338 e. The first-order valence-electron chi connectivity index (χ1n) is 6.63. The molecule has 1 aliphatic carbocycles. The molecule has 1 aromatic rings. The van der Waals surface area contributed by atoms with Crippen molar-refractivity contribution in [3.63, 3.8) is 0 Å². The van der Waals surface area contributed by atoms with Crippen molar-refractivity contribution in [1.82, 2.24) is 15.0 Å².